The van der Waals surface area contributed by atoms with E-state index in [-0.39, 0.29) is 11.5 Å². The Morgan fingerprint density at radius 3 is 2.69 bits per heavy atom. The summed E-state index contributed by atoms with van der Waals surface area (Å²) >= 11 is 0. The van der Waals surface area contributed by atoms with E-state index in [0.717, 1.165) is 5.69 Å². The standard InChI is InChI=1S/C12H13N3O/c1-8(2)12-14-10(7-11(16)15-12)9-5-3-4-6-13-9/h3-8H,1-2H3,(H,14,15,16). The molecule has 2 heterocycles. The molecule has 0 aromatic carbocycles. The number of nitrogens with one attached hydrogen (secondary N) is 1. The summed E-state index contributed by atoms with van der Waals surface area (Å²) in [6.07, 6.45) is 1.69. The van der Waals surface area contributed by atoms with Crippen LogP contribution in [-0.2, 0) is 0 Å². The van der Waals surface area contributed by atoms with Crippen LogP contribution in [0.3, 0.4) is 0 Å². The smallest absolute Gasteiger partial charge is 0.251 e. The van der Waals surface area contributed by atoms with Crippen molar-refractivity contribution in [2.24, 2.45) is 0 Å². The average molecular weight is 215 g/mol. The molecule has 0 aliphatic rings. The Labute approximate surface area is 93.4 Å². The van der Waals surface area contributed by atoms with Gasteiger partial charge in [0.15, 0.2) is 0 Å². The van der Waals surface area contributed by atoms with E-state index in [4.69, 9.17) is 0 Å². The van der Waals surface area contributed by atoms with Gasteiger partial charge in [-0.25, -0.2) is 4.98 Å². The molecule has 0 atom stereocenters. The highest BCUT2D eigenvalue weighted by molar-refractivity contribution is 5.52. The average Bonchev–Trinajstić information content (AvgIpc) is 2.29. The van der Waals surface area contributed by atoms with Crippen molar-refractivity contribution >= 4 is 0 Å². The largest absolute Gasteiger partial charge is 0.310 e. The van der Waals surface area contributed by atoms with Gasteiger partial charge in [0.2, 0.25) is 0 Å². The van der Waals surface area contributed by atoms with Crippen molar-refractivity contribution in [2.45, 2.75) is 19.8 Å². The number of pyridine rings is 1. The number of hydrogen-bond donors (Lipinski definition) is 1. The molecule has 0 saturated heterocycles. The molecule has 1 N–H and O–H groups in total. The molecule has 2 aromatic rings. The summed E-state index contributed by atoms with van der Waals surface area (Å²) < 4.78 is 0. The van der Waals surface area contributed by atoms with Gasteiger partial charge in [-0.15, -0.1) is 0 Å². The third kappa shape index (κ3) is 2.16. The van der Waals surface area contributed by atoms with Gasteiger partial charge >= 0.3 is 0 Å². The van der Waals surface area contributed by atoms with Crippen molar-refractivity contribution in [1.29, 1.82) is 0 Å². The van der Waals surface area contributed by atoms with Crippen molar-refractivity contribution in [3.05, 3.63) is 46.6 Å². The Hall–Kier alpha value is -1.97. The lowest BCUT2D eigenvalue weighted by molar-refractivity contribution is 0.768. The third-order valence-corrected chi connectivity index (χ3v) is 2.23. The lowest BCUT2D eigenvalue weighted by atomic mass is 10.2. The van der Waals surface area contributed by atoms with Crippen LogP contribution in [0.15, 0.2) is 35.3 Å². The van der Waals surface area contributed by atoms with Crippen molar-refractivity contribution in [3.63, 3.8) is 0 Å². The maximum Gasteiger partial charge on any atom is 0.251 e. The van der Waals surface area contributed by atoms with Crippen LogP contribution in [0.25, 0.3) is 11.4 Å². The van der Waals surface area contributed by atoms with E-state index in [1.54, 1.807) is 6.20 Å². The van der Waals surface area contributed by atoms with Gasteiger partial charge in [0.25, 0.3) is 5.56 Å². The summed E-state index contributed by atoms with van der Waals surface area (Å²) in [5.74, 6) is 0.879. The molecule has 2 rings (SSSR count). The van der Waals surface area contributed by atoms with Gasteiger partial charge in [-0.1, -0.05) is 19.9 Å². The first kappa shape index (κ1) is 10.5. The van der Waals surface area contributed by atoms with E-state index >= 15 is 0 Å². The monoisotopic (exact) mass is 215 g/mol. The summed E-state index contributed by atoms with van der Waals surface area (Å²) in [6, 6.07) is 7.01. The second-order valence-corrected chi connectivity index (χ2v) is 3.89. The highest BCUT2D eigenvalue weighted by atomic mass is 16.1. The fourth-order valence-electron chi connectivity index (χ4n) is 1.40. The quantitative estimate of drug-likeness (QED) is 0.833. The van der Waals surface area contributed by atoms with Gasteiger partial charge in [0, 0.05) is 18.2 Å². The Morgan fingerprint density at radius 2 is 2.06 bits per heavy atom. The Morgan fingerprint density at radius 1 is 1.25 bits per heavy atom. The van der Waals surface area contributed by atoms with Crippen molar-refractivity contribution in [2.75, 3.05) is 0 Å². The minimum absolute atomic E-state index is 0.139. The van der Waals surface area contributed by atoms with E-state index in [2.05, 4.69) is 15.0 Å². The number of rotatable bonds is 2. The number of H-pyrrole nitrogens is 1. The minimum Gasteiger partial charge on any atom is -0.310 e. The molecule has 4 heteroatoms. The van der Waals surface area contributed by atoms with Gasteiger partial charge in [0.1, 0.15) is 5.82 Å². The van der Waals surface area contributed by atoms with E-state index in [9.17, 15) is 4.79 Å². The van der Waals surface area contributed by atoms with Crippen LogP contribution in [0.2, 0.25) is 0 Å². The fraction of sp³-hybridized carbons (Fsp3) is 0.250. The normalized spacial score (nSPS) is 10.7. The Kier molecular flexibility index (Phi) is 2.81. The van der Waals surface area contributed by atoms with Gasteiger partial charge in [-0.05, 0) is 12.1 Å². The maximum atomic E-state index is 11.5. The predicted molar refractivity (Wildman–Crippen MR) is 62.2 cm³/mol. The lowest BCUT2D eigenvalue weighted by Crippen LogP contribution is -2.12. The zero-order valence-corrected chi connectivity index (χ0v) is 9.27. The van der Waals surface area contributed by atoms with Crippen LogP contribution in [0.4, 0.5) is 0 Å². The molecule has 0 amide bonds. The molecule has 2 aromatic heterocycles. The first-order valence-electron chi connectivity index (χ1n) is 5.19. The van der Waals surface area contributed by atoms with Gasteiger partial charge in [-0.3, -0.25) is 9.78 Å². The SMILES string of the molecule is CC(C)c1nc(-c2ccccn2)cc(=O)[nH]1. The summed E-state index contributed by atoms with van der Waals surface area (Å²) in [7, 11) is 0. The maximum absolute atomic E-state index is 11.5. The molecule has 0 aliphatic heterocycles. The summed E-state index contributed by atoms with van der Waals surface area (Å²) in [5, 5.41) is 0. The summed E-state index contributed by atoms with van der Waals surface area (Å²) in [5.41, 5.74) is 1.20. The molecule has 0 unspecified atom stereocenters. The van der Waals surface area contributed by atoms with Crippen LogP contribution >= 0.6 is 0 Å². The highest BCUT2D eigenvalue weighted by Crippen LogP contribution is 2.14. The predicted octanol–water partition coefficient (Wildman–Crippen LogP) is 1.96. The lowest BCUT2D eigenvalue weighted by Gasteiger charge is -2.05. The molecule has 4 nitrogen and oxygen atoms in total. The van der Waals surface area contributed by atoms with Crippen LogP contribution in [0, 0.1) is 0 Å². The highest BCUT2D eigenvalue weighted by Gasteiger charge is 2.07. The van der Waals surface area contributed by atoms with Gasteiger partial charge in [-0.2, -0.15) is 0 Å². The van der Waals surface area contributed by atoms with E-state index in [0.29, 0.717) is 11.5 Å². The third-order valence-electron chi connectivity index (χ3n) is 2.23. The van der Waals surface area contributed by atoms with Gasteiger partial charge < -0.3 is 4.98 Å². The molecule has 0 saturated carbocycles. The first-order chi connectivity index (χ1) is 7.66. The van der Waals surface area contributed by atoms with Crippen LogP contribution in [0.5, 0.6) is 0 Å². The first-order valence-corrected chi connectivity index (χ1v) is 5.19. The van der Waals surface area contributed by atoms with E-state index in [1.807, 2.05) is 32.0 Å². The molecule has 0 radical (unpaired) electrons. The second kappa shape index (κ2) is 4.26. The van der Waals surface area contributed by atoms with Crippen molar-refractivity contribution in [1.82, 2.24) is 15.0 Å². The molecule has 16 heavy (non-hydrogen) atoms. The van der Waals surface area contributed by atoms with Crippen LogP contribution in [0.1, 0.15) is 25.6 Å². The molecule has 0 aliphatic carbocycles. The summed E-state index contributed by atoms with van der Waals surface area (Å²) in [6.45, 7) is 3.97. The molecular weight excluding hydrogens is 202 g/mol. The zero-order chi connectivity index (χ0) is 11.5. The minimum atomic E-state index is -0.139. The number of aromatic amines is 1. The van der Waals surface area contributed by atoms with Crippen LogP contribution < -0.4 is 5.56 Å². The van der Waals surface area contributed by atoms with Crippen molar-refractivity contribution in [3.8, 4) is 11.4 Å². The number of nitrogens with zero attached hydrogens (tertiary/aromatic N) is 2. The molecule has 0 fully saturated rings. The Bertz CT molecular complexity index is 531. The van der Waals surface area contributed by atoms with Gasteiger partial charge in [0.05, 0.1) is 11.4 Å². The van der Waals surface area contributed by atoms with Crippen LogP contribution in [-0.4, -0.2) is 15.0 Å². The molecule has 82 valence electrons. The zero-order valence-electron chi connectivity index (χ0n) is 9.27. The van der Waals surface area contributed by atoms with Crippen molar-refractivity contribution < 1.29 is 0 Å². The summed E-state index contributed by atoms with van der Waals surface area (Å²) in [4.78, 5) is 22.7. The van der Waals surface area contributed by atoms with E-state index in [1.165, 1.54) is 6.07 Å². The number of hydrogen-bond acceptors (Lipinski definition) is 3. The molecular formula is C12H13N3O. The Balaban J connectivity index is 2.54. The second-order valence-electron chi connectivity index (χ2n) is 3.89. The molecule has 0 bridgehead atoms. The fourth-order valence-corrected chi connectivity index (χ4v) is 1.40. The topological polar surface area (TPSA) is 58.6 Å². The van der Waals surface area contributed by atoms with E-state index < -0.39 is 0 Å². The number of aromatic nitrogens is 3. The molecule has 0 spiro atoms.